The minimum atomic E-state index is -0.0596. The van der Waals surface area contributed by atoms with Crippen molar-refractivity contribution < 1.29 is 4.79 Å². The molecule has 4 nitrogen and oxygen atoms in total. The zero-order chi connectivity index (χ0) is 11.4. The molecular formula is C10H14N2O2S. The van der Waals surface area contributed by atoms with E-state index >= 15 is 0 Å². The maximum absolute atomic E-state index is 11.8. The molecule has 0 amide bonds. The van der Waals surface area contributed by atoms with Gasteiger partial charge in [-0.2, -0.15) is 0 Å². The van der Waals surface area contributed by atoms with E-state index in [2.05, 4.69) is 4.98 Å². The largest absolute Gasteiger partial charge is 0.300 e. The summed E-state index contributed by atoms with van der Waals surface area (Å²) in [7, 11) is 1.69. The van der Waals surface area contributed by atoms with Gasteiger partial charge in [-0.1, -0.05) is 11.8 Å². The third-order valence-corrected chi connectivity index (χ3v) is 2.87. The molecule has 0 aliphatic rings. The SMILES string of the molecule is CSc1ncc(CCC(C)=O)c(=O)n1C. The van der Waals surface area contributed by atoms with Crippen molar-refractivity contribution in [1.29, 1.82) is 0 Å². The Balaban J connectivity index is 2.97. The van der Waals surface area contributed by atoms with Crippen molar-refractivity contribution in [2.45, 2.75) is 24.9 Å². The number of aromatic nitrogens is 2. The highest BCUT2D eigenvalue weighted by atomic mass is 32.2. The van der Waals surface area contributed by atoms with Crippen LogP contribution in [0, 0.1) is 0 Å². The van der Waals surface area contributed by atoms with E-state index < -0.39 is 0 Å². The summed E-state index contributed by atoms with van der Waals surface area (Å²) in [6.45, 7) is 1.52. The van der Waals surface area contributed by atoms with E-state index in [1.807, 2.05) is 6.26 Å². The third kappa shape index (κ3) is 2.92. The van der Waals surface area contributed by atoms with E-state index in [0.29, 0.717) is 23.6 Å². The van der Waals surface area contributed by atoms with Crippen LogP contribution in [0.25, 0.3) is 0 Å². The maximum Gasteiger partial charge on any atom is 0.257 e. The number of nitrogens with zero attached hydrogens (tertiary/aromatic N) is 2. The fourth-order valence-electron chi connectivity index (χ4n) is 1.25. The molecule has 0 N–H and O–H groups in total. The number of ketones is 1. The van der Waals surface area contributed by atoms with Gasteiger partial charge in [-0.15, -0.1) is 0 Å². The van der Waals surface area contributed by atoms with Gasteiger partial charge >= 0.3 is 0 Å². The molecule has 1 heterocycles. The molecule has 0 saturated carbocycles. The van der Waals surface area contributed by atoms with E-state index in [0.717, 1.165) is 0 Å². The van der Waals surface area contributed by atoms with Crippen molar-refractivity contribution in [1.82, 2.24) is 9.55 Å². The lowest BCUT2D eigenvalue weighted by Crippen LogP contribution is -2.23. The fourth-order valence-corrected chi connectivity index (χ4v) is 1.76. The van der Waals surface area contributed by atoms with Crippen molar-refractivity contribution in [3.8, 4) is 0 Å². The number of hydrogen-bond acceptors (Lipinski definition) is 4. The van der Waals surface area contributed by atoms with Crippen LogP contribution in [0.2, 0.25) is 0 Å². The van der Waals surface area contributed by atoms with Crippen LogP contribution < -0.4 is 5.56 Å². The van der Waals surface area contributed by atoms with Crippen molar-refractivity contribution >= 4 is 17.5 Å². The predicted molar refractivity (Wildman–Crippen MR) is 60.3 cm³/mol. The van der Waals surface area contributed by atoms with Crippen LogP contribution in [0.15, 0.2) is 16.1 Å². The first-order valence-corrected chi connectivity index (χ1v) is 5.87. The normalized spacial score (nSPS) is 10.3. The van der Waals surface area contributed by atoms with Crippen LogP contribution in [0.1, 0.15) is 18.9 Å². The van der Waals surface area contributed by atoms with Gasteiger partial charge in [0.25, 0.3) is 5.56 Å². The van der Waals surface area contributed by atoms with E-state index in [1.165, 1.54) is 23.3 Å². The zero-order valence-electron chi connectivity index (χ0n) is 9.11. The Bertz CT molecular complexity index is 426. The number of carbonyl (C=O) groups is 1. The van der Waals surface area contributed by atoms with Crippen LogP contribution in [0.5, 0.6) is 0 Å². The van der Waals surface area contributed by atoms with Crippen LogP contribution in [0.3, 0.4) is 0 Å². The average Bonchev–Trinajstić information content (AvgIpc) is 2.20. The summed E-state index contributed by atoms with van der Waals surface area (Å²) >= 11 is 1.43. The van der Waals surface area contributed by atoms with Crippen LogP contribution in [-0.4, -0.2) is 21.6 Å². The third-order valence-electron chi connectivity index (χ3n) is 2.13. The summed E-state index contributed by atoms with van der Waals surface area (Å²) in [4.78, 5) is 26.7. The molecule has 0 atom stereocenters. The van der Waals surface area contributed by atoms with Gasteiger partial charge in [0, 0.05) is 25.2 Å². The first kappa shape index (κ1) is 12.0. The van der Waals surface area contributed by atoms with Gasteiger partial charge in [-0.25, -0.2) is 4.98 Å². The van der Waals surface area contributed by atoms with Gasteiger partial charge in [0.1, 0.15) is 5.78 Å². The molecule has 0 aromatic carbocycles. The standard InChI is InChI=1S/C10H14N2O2S/c1-7(13)4-5-8-6-11-10(15-3)12(2)9(8)14/h6H,4-5H2,1-3H3. The highest BCUT2D eigenvalue weighted by Crippen LogP contribution is 2.08. The summed E-state index contributed by atoms with van der Waals surface area (Å²) < 4.78 is 1.51. The lowest BCUT2D eigenvalue weighted by Gasteiger charge is -2.06. The molecular weight excluding hydrogens is 212 g/mol. The molecule has 0 fully saturated rings. The van der Waals surface area contributed by atoms with Gasteiger partial charge in [-0.05, 0) is 19.6 Å². The number of hydrogen-bond donors (Lipinski definition) is 0. The highest BCUT2D eigenvalue weighted by Gasteiger charge is 2.07. The zero-order valence-corrected chi connectivity index (χ0v) is 9.93. The highest BCUT2D eigenvalue weighted by molar-refractivity contribution is 7.98. The second kappa shape index (κ2) is 5.11. The molecule has 0 unspecified atom stereocenters. The summed E-state index contributed by atoms with van der Waals surface area (Å²) in [5, 5.41) is 0.687. The molecule has 0 bridgehead atoms. The first-order valence-electron chi connectivity index (χ1n) is 4.64. The van der Waals surface area contributed by atoms with Crippen molar-refractivity contribution in [2.24, 2.45) is 7.05 Å². The summed E-state index contributed by atoms with van der Waals surface area (Å²) in [6.07, 6.45) is 4.31. The van der Waals surface area contributed by atoms with Gasteiger partial charge < -0.3 is 4.79 Å². The van der Waals surface area contributed by atoms with Crippen LogP contribution in [0.4, 0.5) is 0 Å². The number of carbonyl (C=O) groups excluding carboxylic acids is 1. The Morgan fingerprint density at radius 2 is 2.27 bits per heavy atom. The lowest BCUT2D eigenvalue weighted by atomic mass is 10.1. The summed E-state index contributed by atoms with van der Waals surface area (Å²) in [5.41, 5.74) is 0.543. The number of aryl methyl sites for hydroxylation is 1. The quantitative estimate of drug-likeness (QED) is 0.568. The van der Waals surface area contributed by atoms with E-state index in [1.54, 1.807) is 13.2 Å². The van der Waals surface area contributed by atoms with Crippen molar-refractivity contribution in [3.05, 3.63) is 22.1 Å². The second-order valence-corrected chi connectivity index (χ2v) is 4.11. The molecule has 0 spiro atoms. The molecule has 0 saturated heterocycles. The molecule has 1 aromatic rings. The minimum Gasteiger partial charge on any atom is -0.300 e. The van der Waals surface area contributed by atoms with E-state index in [-0.39, 0.29) is 11.3 Å². The molecule has 0 aliphatic carbocycles. The summed E-state index contributed by atoms with van der Waals surface area (Å²) in [5.74, 6) is 0.0889. The van der Waals surface area contributed by atoms with Crippen molar-refractivity contribution in [3.63, 3.8) is 0 Å². The molecule has 0 aliphatic heterocycles. The minimum absolute atomic E-state index is 0.0596. The van der Waals surface area contributed by atoms with Gasteiger partial charge in [0.2, 0.25) is 0 Å². The summed E-state index contributed by atoms with van der Waals surface area (Å²) in [6, 6.07) is 0. The molecule has 1 rings (SSSR count). The van der Waals surface area contributed by atoms with E-state index in [9.17, 15) is 9.59 Å². The smallest absolute Gasteiger partial charge is 0.257 e. The molecule has 1 aromatic heterocycles. The lowest BCUT2D eigenvalue weighted by molar-refractivity contribution is -0.116. The van der Waals surface area contributed by atoms with Crippen LogP contribution >= 0.6 is 11.8 Å². The predicted octanol–water partition coefficient (Wildman–Crippen LogP) is 1.02. The molecule has 0 radical (unpaired) electrons. The Morgan fingerprint density at radius 1 is 1.60 bits per heavy atom. The number of thioether (sulfide) groups is 1. The van der Waals surface area contributed by atoms with Gasteiger partial charge in [0.05, 0.1) is 0 Å². The van der Waals surface area contributed by atoms with Gasteiger partial charge in [-0.3, -0.25) is 9.36 Å². The Kier molecular flexibility index (Phi) is 4.08. The fraction of sp³-hybridized carbons (Fsp3) is 0.500. The number of Topliss-reactive ketones (excluding diaryl/α,β-unsaturated/α-hetero) is 1. The second-order valence-electron chi connectivity index (χ2n) is 3.34. The molecule has 82 valence electrons. The Labute approximate surface area is 92.7 Å². The van der Waals surface area contributed by atoms with Crippen LogP contribution in [-0.2, 0) is 18.3 Å². The number of rotatable bonds is 4. The van der Waals surface area contributed by atoms with Gasteiger partial charge in [0.15, 0.2) is 5.16 Å². The average molecular weight is 226 g/mol. The first-order chi connectivity index (χ1) is 7.06. The Hall–Kier alpha value is -1.10. The molecule has 5 heteroatoms. The Morgan fingerprint density at radius 3 is 2.80 bits per heavy atom. The van der Waals surface area contributed by atoms with E-state index in [4.69, 9.17) is 0 Å². The molecule has 15 heavy (non-hydrogen) atoms. The monoisotopic (exact) mass is 226 g/mol. The van der Waals surface area contributed by atoms with Crippen molar-refractivity contribution in [2.75, 3.05) is 6.26 Å². The maximum atomic E-state index is 11.8. The topological polar surface area (TPSA) is 52.0 Å².